The third-order valence-corrected chi connectivity index (χ3v) is 4.92. The van der Waals surface area contributed by atoms with Crippen molar-refractivity contribution in [3.8, 4) is 22.7 Å². The van der Waals surface area contributed by atoms with E-state index in [4.69, 9.17) is 25.9 Å². The molecule has 142 valence electrons. The Labute approximate surface area is 156 Å². The van der Waals surface area contributed by atoms with Crippen molar-refractivity contribution in [2.45, 2.75) is 4.90 Å². The van der Waals surface area contributed by atoms with E-state index in [1.54, 1.807) is 0 Å². The number of benzene rings is 2. The molecule has 0 spiro atoms. The van der Waals surface area contributed by atoms with E-state index in [0.717, 1.165) is 23.0 Å². The number of sulfonamides is 1. The molecule has 0 bridgehead atoms. The highest BCUT2D eigenvalue weighted by atomic mass is 35.5. The summed E-state index contributed by atoms with van der Waals surface area (Å²) < 4.78 is 61.8. The topological polar surface area (TPSA) is 105 Å². The summed E-state index contributed by atoms with van der Waals surface area (Å²) in [7, 11) is -3.20. The van der Waals surface area contributed by atoms with Crippen LogP contribution in [0.1, 0.15) is 0 Å². The molecule has 3 rings (SSSR count). The maximum Gasteiger partial charge on any atom is 0.424 e. The quantitative estimate of drug-likeness (QED) is 0.704. The van der Waals surface area contributed by atoms with Crippen LogP contribution in [0.3, 0.4) is 0 Å². The molecule has 0 amide bonds. The molecule has 11 heteroatoms. The summed E-state index contributed by atoms with van der Waals surface area (Å²) in [4.78, 5) is 10.8. The molecule has 0 saturated carbocycles. The van der Waals surface area contributed by atoms with E-state index in [1.165, 1.54) is 25.3 Å². The van der Waals surface area contributed by atoms with Gasteiger partial charge in [-0.25, -0.2) is 31.7 Å². The Morgan fingerprint density at radius 3 is 2.33 bits per heavy atom. The molecule has 0 aliphatic rings. The van der Waals surface area contributed by atoms with E-state index in [9.17, 15) is 22.0 Å². The Morgan fingerprint density at radius 2 is 1.81 bits per heavy atom. The minimum Gasteiger partial charge on any atom is -0.495 e. The van der Waals surface area contributed by atoms with Gasteiger partial charge in [0.15, 0.2) is 4.90 Å². The summed E-state index contributed by atoms with van der Waals surface area (Å²) in [6.45, 7) is 0. The second kappa shape index (κ2) is 6.80. The van der Waals surface area contributed by atoms with Gasteiger partial charge in [0.1, 0.15) is 23.6 Å². The van der Waals surface area contributed by atoms with Crippen molar-refractivity contribution < 1.29 is 26.4 Å². The average molecular weight is 417 g/mol. The molecular weight excluding hydrogens is 406 g/mol. The minimum absolute atomic E-state index is 0.0278. The van der Waals surface area contributed by atoms with E-state index in [1.807, 2.05) is 0 Å². The van der Waals surface area contributed by atoms with Crippen molar-refractivity contribution in [1.29, 1.82) is 0 Å². The molecule has 1 aromatic heterocycles. The average Bonchev–Trinajstić information content (AvgIpc) is 2.94. The van der Waals surface area contributed by atoms with E-state index in [0.29, 0.717) is 5.75 Å². The van der Waals surface area contributed by atoms with Crippen molar-refractivity contribution >= 4 is 21.6 Å². The van der Waals surface area contributed by atoms with Crippen molar-refractivity contribution in [3.63, 3.8) is 0 Å². The summed E-state index contributed by atoms with van der Waals surface area (Å²) in [5.74, 6) is -3.29. The lowest BCUT2D eigenvalue weighted by atomic mass is 10.1. The van der Waals surface area contributed by atoms with Gasteiger partial charge < -0.3 is 9.15 Å². The van der Waals surface area contributed by atoms with Crippen molar-refractivity contribution in [3.05, 3.63) is 63.8 Å². The Balaban J connectivity index is 2.22. The van der Waals surface area contributed by atoms with Gasteiger partial charge in [0.2, 0.25) is 10.0 Å². The number of nitrogens with two attached hydrogens (primary N) is 1. The number of aromatic nitrogens is 1. The lowest BCUT2D eigenvalue weighted by molar-refractivity contribution is 0.415. The second-order valence-corrected chi connectivity index (χ2v) is 7.26. The van der Waals surface area contributed by atoms with E-state index >= 15 is 0 Å². The third-order valence-electron chi connectivity index (χ3n) is 3.67. The zero-order valence-electron chi connectivity index (χ0n) is 13.6. The lowest BCUT2D eigenvalue weighted by Crippen LogP contribution is -2.17. The summed E-state index contributed by atoms with van der Waals surface area (Å²) in [5.41, 5.74) is 0.0704. The number of methoxy groups -OCH3 is 1. The molecule has 0 aliphatic carbocycles. The highest BCUT2D eigenvalue weighted by Gasteiger charge is 2.23. The molecule has 0 fully saturated rings. The van der Waals surface area contributed by atoms with E-state index in [2.05, 4.69) is 0 Å². The van der Waals surface area contributed by atoms with Crippen LogP contribution in [0.5, 0.6) is 5.75 Å². The van der Waals surface area contributed by atoms with Gasteiger partial charge in [0, 0.05) is 5.56 Å². The fourth-order valence-electron chi connectivity index (χ4n) is 2.53. The van der Waals surface area contributed by atoms with Gasteiger partial charge in [0.05, 0.1) is 23.5 Å². The van der Waals surface area contributed by atoms with Gasteiger partial charge in [-0.05, 0) is 30.3 Å². The molecule has 0 unspecified atom stereocenters. The summed E-state index contributed by atoms with van der Waals surface area (Å²) >= 11 is 6.05. The number of ether oxygens (including phenoxy) is 1. The largest absolute Gasteiger partial charge is 0.495 e. The first-order valence-electron chi connectivity index (χ1n) is 7.20. The molecule has 3 aromatic rings. The smallest absolute Gasteiger partial charge is 0.424 e. The Morgan fingerprint density at radius 1 is 1.19 bits per heavy atom. The molecule has 0 radical (unpaired) electrons. The number of hydrogen-bond acceptors (Lipinski definition) is 5. The molecule has 2 N–H and O–H groups in total. The predicted octanol–water partition coefficient (Wildman–Crippen LogP) is 2.69. The van der Waals surface area contributed by atoms with Crippen LogP contribution in [0.2, 0.25) is 5.02 Å². The number of nitrogens with zero attached hydrogens (tertiary/aromatic N) is 1. The number of halogens is 3. The maximum absolute atomic E-state index is 14.1. The molecule has 27 heavy (non-hydrogen) atoms. The summed E-state index contributed by atoms with van der Waals surface area (Å²) in [6, 6.07) is 5.83. The second-order valence-electron chi connectivity index (χ2n) is 5.36. The molecular formula is C16H11ClF2N2O5S. The standard InChI is InChI=1S/C16H11ClF2N2O5S/c1-25-14-3-2-9(6-10(14)17)21-13(7-26-16(21)22)8-4-11(18)15(12(19)5-8)27(20,23)24/h2-7H,1H3,(H2,20,23,24). The SMILES string of the molecule is COc1ccc(-n2c(-c3cc(F)c(S(N)(=O)=O)c(F)c3)coc2=O)cc1Cl. The third kappa shape index (κ3) is 3.46. The molecule has 0 aliphatic heterocycles. The van der Waals surface area contributed by atoms with Gasteiger partial charge in [-0.1, -0.05) is 11.6 Å². The summed E-state index contributed by atoms with van der Waals surface area (Å²) in [6.07, 6.45) is 0.977. The van der Waals surface area contributed by atoms with Gasteiger partial charge >= 0.3 is 5.76 Å². The van der Waals surface area contributed by atoms with Crippen molar-refractivity contribution in [2.24, 2.45) is 5.14 Å². The van der Waals surface area contributed by atoms with Gasteiger partial charge in [0.25, 0.3) is 0 Å². The molecule has 0 atom stereocenters. The lowest BCUT2D eigenvalue weighted by Gasteiger charge is -2.10. The number of hydrogen-bond donors (Lipinski definition) is 1. The van der Waals surface area contributed by atoms with Crippen molar-refractivity contribution in [1.82, 2.24) is 4.57 Å². The Kier molecular flexibility index (Phi) is 4.81. The van der Waals surface area contributed by atoms with Crippen LogP contribution in [-0.4, -0.2) is 20.1 Å². The van der Waals surface area contributed by atoms with Crippen LogP contribution in [0, 0.1) is 11.6 Å². The number of oxazole rings is 1. The zero-order valence-corrected chi connectivity index (χ0v) is 15.1. The molecule has 0 saturated heterocycles. The van der Waals surface area contributed by atoms with Gasteiger partial charge in [-0.3, -0.25) is 0 Å². The fraction of sp³-hybridized carbons (Fsp3) is 0.0625. The zero-order chi connectivity index (χ0) is 19.9. The molecule has 1 heterocycles. The van der Waals surface area contributed by atoms with Gasteiger partial charge in [-0.15, -0.1) is 0 Å². The Bertz CT molecular complexity index is 1180. The molecule has 2 aromatic carbocycles. The maximum atomic E-state index is 14.1. The number of primary sulfonamides is 1. The van der Waals surface area contributed by atoms with E-state index in [-0.39, 0.29) is 22.0 Å². The minimum atomic E-state index is -4.61. The first-order chi connectivity index (χ1) is 12.6. The van der Waals surface area contributed by atoms with Crippen molar-refractivity contribution in [2.75, 3.05) is 7.11 Å². The van der Waals surface area contributed by atoms with Gasteiger partial charge in [-0.2, -0.15) is 0 Å². The highest BCUT2D eigenvalue weighted by molar-refractivity contribution is 7.89. The first-order valence-corrected chi connectivity index (χ1v) is 9.12. The van der Waals surface area contributed by atoms with Crippen LogP contribution in [0.4, 0.5) is 8.78 Å². The fourth-order valence-corrected chi connectivity index (χ4v) is 3.44. The predicted molar refractivity (Wildman–Crippen MR) is 92.6 cm³/mol. The monoisotopic (exact) mass is 416 g/mol. The summed E-state index contributed by atoms with van der Waals surface area (Å²) in [5, 5.41) is 5.00. The Hall–Kier alpha value is -2.69. The van der Waals surface area contributed by atoms with Crippen LogP contribution < -0.4 is 15.6 Å². The van der Waals surface area contributed by atoms with Crippen LogP contribution in [0.15, 0.2) is 50.7 Å². The molecule has 7 nitrogen and oxygen atoms in total. The van der Waals surface area contributed by atoms with Crippen LogP contribution in [-0.2, 0) is 10.0 Å². The first kappa shape index (κ1) is 19.1. The number of rotatable bonds is 4. The normalized spacial score (nSPS) is 11.6. The van der Waals surface area contributed by atoms with Crippen LogP contribution in [0.25, 0.3) is 16.9 Å². The van der Waals surface area contributed by atoms with Crippen LogP contribution >= 0.6 is 11.6 Å². The van der Waals surface area contributed by atoms with E-state index < -0.39 is 32.3 Å². The highest BCUT2D eigenvalue weighted by Crippen LogP contribution is 2.30.